The number of ether oxygens (including phenoxy) is 1. The normalized spacial score (nSPS) is 15.8. The topological polar surface area (TPSA) is 62.0 Å². The van der Waals surface area contributed by atoms with Gasteiger partial charge in [0.2, 0.25) is 0 Å². The summed E-state index contributed by atoms with van der Waals surface area (Å²) in [6.07, 6.45) is -2.47. The maximum atomic E-state index is 13.3. The molecule has 31 heavy (non-hydrogen) atoms. The van der Waals surface area contributed by atoms with Gasteiger partial charge in [0.15, 0.2) is 5.96 Å². The van der Waals surface area contributed by atoms with E-state index in [0.29, 0.717) is 44.8 Å². The van der Waals surface area contributed by atoms with Crippen LogP contribution in [0.25, 0.3) is 0 Å². The Balaban J connectivity index is 1.63. The summed E-state index contributed by atoms with van der Waals surface area (Å²) in [5, 5.41) is 6.27. The molecule has 1 saturated heterocycles. The summed E-state index contributed by atoms with van der Waals surface area (Å²) >= 11 is 0. The summed E-state index contributed by atoms with van der Waals surface area (Å²) in [6.45, 7) is 4.64. The van der Waals surface area contributed by atoms with Gasteiger partial charge in [0.05, 0.1) is 31.6 Å². The lowest BCUT2D eigenvalue weighted by molar-refractivity contribution is -0.138. The SMILES string of the molecule is Fc1ccc(CN=C(NCCc2ccco2)NCCN2CCOCC2)c(C(F)(F)F)c1. The molecule has 0 amide bonds. The van der Waals surface area contributed by atoms with E-state index in [1.165, 1.54) is 0 Å². The maximum absolute atomic E-state index is 13.3. The van der Waals surface area contributed by atoms with E-state index in [4.69, 9.17) is 9.15 Å². The number of nitrogens with zero attached hydrogens (tertiary/aromatic N) is 2. The van der Waals surface area contributed by atoms with Crippen LogP contribution in [0.2, 0.25) is 0 Å². The van der Waals surface area contributed by atoms with E-state index < -0.39 is 17.6 Å². The number of alkyl halides is 3. The molecule has 1 aromatic carbocycles. The molecule has 1 aromatic heterocycles. The van der Waals surface area contributed by atoms with E-state index in [2.05, 4.69) is 20.5 Å². The Morgan fingerprint density at radius 1 is 1.10 bits per heavy atom. The number of rotatable bonds is 8. The van der Waals surface area contributed by atoms with Crippen LogP contribution in [0.4, 0.5) is 17.6 Å². The Bertz CT molecular complexity index is 834. The van der Waals surface area contributed by atoms with Crippen molar-refractivity contribution in [2.24, 2.45) is 4.99 Å². The smallest absolute Gasteiger partial charge is 0.416 e. The van der Waals surface area contributed by atoms with E-state index in [-0.39, 0.29) is 12.1 Å². The van der Waals surface area contributed by atoms with Crippen molar-refractivity contribution in [2.45, 2.75) is 19.1 Å². The second-order valence-corrected chi connectivity index (χ2v) is 7.10. The van der Waals surface area contributed by atoms with E-state index in [1.807, 2.05) is 6.07 Å². The molecule has 3 rings (SSSR count). The van der Waals surface area contributed by atoms with E-state index in [0.717, 1.165) is 37.5 Å². The van der Waals surface area contributed by atoms with E-state index in [9.17, 15) is 17.6 Å². The zero-order valence-electron chi connectivity index (χ0n) is 17.1. The fraction of sp³-hybridized carbons (Fsp3) is 0.476. The molecule has 0 spiro atoms. The van der Waals surface area contributed by atoms with Crippen LogP contribution in [0, 0.1) is 5.82 Å². The van der Waals surface area contributed by atoms with Gasteiger partial charge in [-0.3, -0.25) is 4.90 Å². The lowest BCUT2D eigenvalue weighted by atomic mass is 10.1. The summed E-state index contributed by atoms with van der Waals surface area (Å²) in [6, 6.07) is 6.27. The largest absolute Gasteiger partial charge is 0.469 e. The van der Waals surface area contributed by atoms with Crippen LogP contribution in [0.5, 0.6) is 0 Å². The second-order valence-electron chi connectivity index (χ2n) is 7.10. The van der Waals surface area contributed by atoms with Crippen LogP contribution < -0.4 is 10.6 Å². The zero-order chi connectivity index (χ0) is 22.1. The molecule has 2 heterocycles. The fourth-order valence-electron chi connectivity index (χ4n) is 3.21. The van der Waals surface area contributed by atoms with Crippen LogP contribution in [-0.2, 0) is 23.9 Å². The highest BCUT2D eigenvalue weighted by molar-refractivity contribution is 5.79. The van der Waals surface area contributed by atoms with E-state index >= 15 is 0 Å². The fourth-order valence-corrected chi connectivity index (χ4v) is 3.21. The van der Waals surface area contributed by atoms with Crippen molar-refractivity contribution in [3.63, 3.8) is 0 Å². The number of hydrogen-bond donors (Lipinski definition) is 2. The Morgan fingerprint density at radius 2 is 1.87 bits per heavy atom. The third kappa shape index (κ3) is 7.55. The summed E-state index contributed by atoms with van der Waals surface area (Å²) in [5.41, 5.74) is -1.10. The summed E-state index contributed by atoms with van der Waals surface area (Å²) < 4.78 is 63.7. The Kier molecular flexibility index (Phi) is 8.30. The van der Waals surface area contributed by atoms with Gasteiger partial charge in [-0.2, -0.15) is 13.2 Å². The molecule has 1 aliphatic heterocycles. The van der Waals surface area contributed by atoms with Gasteiger partial charge in [-0.05, 0) is 29.8 Å². The number of furan rings is 1. The third-order valence-electron chi connectivity index (χ3n) is 4.85. The van der Waals surface area contributed by atoms with Gasteiger partial charge in [-0.25, -0.2) is 9.38 Å². The van der Waals surface area contributed by atoms with Crippen molar-refractivity contribution in [2.75, 3.05) is 45.9 Å². The highest BCUT2D eigenvalue weighted by Crippen LogP contribution is 2.32. The first-order valence-electron chi connectivity index (χ1n) is 10.1. The molecular formula is C21H26F4N4O2. The molecule has 0 aliphatic carbocycles. The van der Waals surface area contributed by atoms with Crippen LogP contribution in [0.3, 0.4) is 0 Å². The molecule has 0 unspecified atom stereocenters. The molecule has 0 saturated carbocycles. The Hall–Kier alpha value is -2.59. The lowest BCUT2D eigenvalue weighted by Crippen LogP contribution is -2.44. The molecule has 0 atom stereocenters. The first-order valence-corrected chi connectivity index (χ1v) is 10.1. The maximum Gasteiger partial charge on any atom is 0.416 e. The minimum atomic E-state index is -4.65. The van der Waals surface area contributed by atoms with Crippen molar-refractivity contribution >= 4 is 5.96 Å². The van der Waals surface area contributed by atoms with Crippen LogP contribution in [0.1, 0.15) is 16.9 Å². The molecule has 1 fully saturated rings. The number of benzene rings is 1. The van der Waals surface area contributed by atoms with Gasteiger partial charge in [-0.1, -0.05) is 6.07 Å². The molecule has 10 heteroatoms. The van der Waals surface area contributed by atoms with Gasteiger partial charge in [0, 0.05) is 39.1 Å². The van der Waals surface area contributed by atoms with Gasteiger partial charge < -0.3 is 19.8 Å². The average Bonchev–Trinajstić information content (AvgIpc) is 3.26. The molecule has 2 N–H and O–H groups in total. The predicted octanol–water partition coefficient (Wildman–Crippen LogP) is 3.05. The van der Waals surface area contributed by atoms with Gasteiger partial charge in [-0.15, -0.1) is 0 Å². The average molecular weight is 442 g/mol. The van der Waals surface area contributed by atoms with Crippen molar-refractivity contribution in [1.29, 1.82) is 0 Å². The Morgan fingerprint density at radius 3 is 2.58 bits per heavy atom. The first kappa shape index (κ1) is 23.1. The number of aliphatic imine (C=N–C) groups is 1. The van der Waals surface area contributed by atoms with Gasteiger partial charge in [0.25, 0.3) is 0 Å². The first-order chi connectivity index (χ1) is 14.9. The van der Waals surface area contributed by atoms with Crippen molar-refractivity contribution in [1.82, 2.24) is 15.5 Å². The molecule has 0 radical (unpaired) electrons. The molecule has 2 aromatic rings. The number of nitrogens with one attached hydrogen (secondary N) is 2. The van der Waals surface area contributed by atoms with Crippen LogP contribution >= 0.6 is 0 Å². The summed E-state index contributed by atoms with van der Waals surface area (Å²) in [5.74, 6) is 0.246. The highest BCUT2D eigenvalue weighted by Gasteiger charge is 2.33. The number of guanidine groups is 1. The lowest BCUT2D eigenvalue weighted by Gasteiger charge is -2.26. The molecule has 0 bridgehead atoms. The number of morpholine rings is 1. The molecule has 1 aliphatic rings. The molecular weight excluding hydrogens is 416 g/mol. The monoisotopic (exact) mass is 442 g/mol. The van der Waals surface area contributed by atoms with E-state index in [1.54, 1.807) is 12.3 Å². The van der Waals surface area contributed by atoms with Crippen LogP contribution in [0.15, 0.2) is 46.0 Å². The van der Waals surface area contributed by atoms with Crippen molar-refractivity contribution in [3.05, 3.63) is 59.3 Å². The standard InChI is InChI=1S/C21H26F4N4O2/c22-17-4-3-16(19(14-17)21(23,24)25)15-28-20(26-6-5-18-2-1-11-31-18)27-7-8-29-9-12-30-13-10-29/h1-4,11,14H,5-10,12-13,15H2,(H2,26,27,28). The minimum absolute atomic E-state index is 0.0887. The number of halogens is 4. The van der Waals surface area contributed by atoms with Crippen LogP contribution in [-0.4, -0.2) is 56.8 Å². The molecule has 6 nitrogen and oxygen atoms in total. The third-order valence-corrected chi connectivity index (χ3v) is 4.85. The van der Waals surface area contributed by atoms with Gasteiger partial charge in [0.1, 0.15) is 11.6 Å². The molecule has 170 valence electrons. The predicted molar refractivity (Wildman–Crippen MR) is 108 cm³/mol. The summed E-state index contributed by atoms with van der Waals surface area (Å²) in [7, 11) is 0. The highest BCUT2D eigenvalue weighted by atomic mass is 19.4. The zero-order valence-corrected chi connectivity index (χ0v) is 17.1. The second kappa shape index (κ2) is 11.1. The quantitative estimate of drug-likeness (QED) is 0.374. The van der Waals surface area contributed by atoms with Gasteiger partial charge >= 0.3 is 6.18 Å². The minimum Gasteiger partial charge on any atom is -0.469 e. The summed E-state index contributed by atoms with van der Waals surface area (Å²) in [4.78, 5) is 6.53. The number of hydrogen-bond acceptors (Lipinski definition) is 4. The van der Waals surface area contributed by atoms with Crippen molar-refractivity contribution in [3.8, 4) is 0 Å². The van der Waals surface area contributed by atoms with Crippen molar-refractivity contribution < 1.29 is 26.7 Å². The Labute approximate surface area is 178 Å².